The molecule has 0 bridgehead atoms. The molecule has 0 radical (unpaired) electrons. The Hall–Kier alpha value is -2.49. The minimum Gasteiger partial charge on any atom is -0.258 e. The third kappa shape index (κ3) is 3.95. The molecule has 0 saturated heterocycles. The summed E-state index contributed by atoms with van der Waals surface area (Å²) in [5, 5.41) is 12.8. The fraction of sp³-hybridized carbons (Fsp3) is 0. The molecule has 0 aliphatic heterocycles. The van der Waals surface area contributed by atoms with Crippen molar-refractivity contribution in [1.29, 1.82) is 0 Å². The van der Waals surface area contributed by atoms with Gasteiger partial charge in [0.15, 0.2) is 5.13 Å². The number of nitrogens with one attached hydrogen (secondary N) is 1. The van der Waals surface area contributed by atoms with Crippen LogP contribution in [-0.2, 0) is 10.0 Å². The molecule has 1 heterocycles. The van der Waals surface area contributed by atoms with Crippen LogP contribution in [0.15, 0.2) is 58.8 Å². The summed E-state index contributed by atoms with van der Waals surface area (Å²) in [5.74, 6) is 0. The Morgan fingerprint density at radius 2 is 1.88 bits per heavy atom. The lowest BCUT2D eigenvalue weighted by molar-refractivity contribution is -0.384. The summed E-state index contributed by atoms with van der Waals surface area (Å²) in [7, 11) is -3.80. The van der Waals surface area contributed by atoms with E-state index in [1.807, 2.05) is 0 Å². The zero-order valence-electron chi connectivity index (χ0n) is 12.4. The molecule has 0 aliphatic rings. The number of nitro benzene ring substituents is 1. The minimum absolute atomic E-state index is 0.0270. The molecule has 1 aromatic heterocycles. The number of non-ortho nitro benzene ring substituents is 1. The van der Waals surface area contributed by atoms with Crippen LogP contribution in [0, 0.1) is 10.1 Å². The molecule has 0 unspecified atom stereocenters. The molecule has 0 spiro atoms. The van der Waals surface area contributed by atoms with E-state index in [2.05, 4.69) is 9.71 Å². The van der Waals surface area contributed by atoms with Crippen molar-refractivity contribution >= 4 is 43.8 Å². The fourth-order valence-corrected chi connectivity index (χ4v) is 4.29. The number of anilines is 1. The third-order valence-electron chi connectivity index (χ3n) is 3.21. The van der Waals surface area contributed by atoms with Crippen LogP contribution in [-0.4, -0.2) is 18.3 Å². The Bertz CT molecular complexity index is 1030. The zero-order valence-corrected chi connectivity index (χ0v) is 14.8. The number of halogens is 1. The molecular weight excluding hydrogens is 386 g/mol. The van der Waals surface area contributed by atoms with Crippen molar-refractivity contribution in [2.24, 2.45) is 0 Å². The summed E-state index contributed by atoms with van der Waals surface area (Å²) in [6.45, 7) is 0. The predicted octanol–water partition coefficient (Wildman–Crippen LogP) is 4.17. The van der Waals surface area contributed by atoms with E-state index in [-0.39, 0.29) is 15.7 Å². The average Bonchev–Trinajstić information content (AvgIpc) is 3.02. The van der Waals surface area contributed by atoms with Gasteiger partial charge in [-0.3, -0.25) is 14.8 Å². The van der Waals surface area contributed by atoms with Crippen LogP contribution in [0.4, 0.5) is 10.8 Å². The highest BCUT2D eigenvalue weighted by molar-refractivity contribution is 7.93. The van der Waals surface area contributed by atoms with Crippen LogP contribution >= 0.6 is 22.9 Å². The Morgan fingerprint density at radius 3 is 2.52 bits per heavy atom. The first-order valence-electron chi connectivity index (χ1n) is 6.84. The zero-order chi connectivity index (χ0) is 18.0. The van der Waals surface area contributed by atoms with Gasteiger partial charge in [0.2, 0.25) is 0 Å². The average molecular weight is 396 g/mol. The van der Waals surface area contributed by atoms with E-state index in [4.69, 9.17) is 11.6 Å². The first kappa shape index (κ1) is 17.3. The van der Waals surface area contributed by atoms with Crippen LogP contribution in [0.25, 0.3) is 11.3 Å². The summed E-state index contributed by atoms with van der Waals surface area (Å²) in [6, 6.07) is 11.7. The molecule has 7 nitrogen and oxygen atoms in total. The summed E-state index contributed by atoms with van der Waals surface area (Å²) in [5.41, 5.74) is 1.14. The molecule has 3 aromatic rings. The maximum Gasteiger partial charge on any atom is 0.269 e. The molecule has 128 valence electrons. The minimum atomic E-state index is -3.80. The molecular formula is C15H10ClN3O4S2. The summed E-state index contributed by atoms with van der Waals surface area (Å²) in [6.07, 6.45) is 0. The lowest BCUT2D eigenvalue weighted by atomic mass is 10.1. The Morgan fingerprint density at radius 1 is 1.16 bits per heavy atom. The second kappa shape index (κ2) is 6.79. The molecule has 25 heavy (non-hydrogen) atoms. The van der Waals surface area contributed by atoms with Crippen LogP contribution in [0.2, 0.25) is 5.02 Å². The normalized spacial score (nSPS) is 11.2. The number of hydrogen-bond donors (Lipinski definition) is 1. The first-order valence-corrected chi connectivity index (χ1v) is 9.58. The maximum absolute atomic E-state index is 12.3. The highest BCUT2D eigenvalue weighted by atomic mass is 35.5. The smallest absolute Gasteiger partial charge is 0.258 e. The number of aromatic nitrogens is 1. The van der Waals surface area contributed by atoms with E-state index < -0.39 is 14.9 Å². The topological polar surface area (TPSA) is 102 Å². The molecule has 2 aromatic carbocycles. The summed E-state index contributed by atoms with van der Waals surface area (Å²) < 4.78 is 27.1. The first-order chi connectivity index (χ1) is 11.8. The van der Waals surface area contributed by atoms with Gasteiger partial charge in [-0.25, -0.2) is 13.4 Å². The molecule has 0 amide bonds. The van der Waals surface area contributed by atoms with Gasteiger partial charge in [0, 0.05) is 28.1 Å². The monoisotopic (exact) mass is 395 g/mol. The van der Waals surface area contributed by atoms with Crippen molar-refractivity contribution < 1.29 is 13.3 Å². The van der Waals surface area contributed by atoms with E-state index in [1.54, 1.807) is 29.6 Å². The SMILES string of the molecule is O=[N+]([O-])c1ccc(-c2csc(NS(=O)(=O)c3cccc(Cl)c3)n2)cc1. The highest BCUT2D eigenvalue weighted by Crippen LogP contribution is 2.28. The van der Waals surface area contributed by atoms with Gasteiger partial charge < -0.3 is 0 Å². The van der Waals surface area contributed by atoms with Gasteiger partial charge in [0.1, 0.15) is 0 Å². The number of benzene rings is 2. The van der Waals surface area contributed by atoms with Gasteiger partial charge in [-0.2, -0.15) is 0 Å². The Balaban J connectivity index is 1.83. The van der Waals surface area contributed by atoms with Gasteiger partial charge in [-0.1, -0.05) is 17.7 Å². The van der Waals surface area contributed by atoms with Gasteiger partial charge in [0.25, 0.3) is 15.7 Å². The van der Waals surface area contributed by atoms with E-state index in [0.29, 0.717) is 16.3 Å². The maximum atomic E-state index is 12.3. The number of nitrogens with zero attached hydrogens (tertiary/aromatic N) is 2. The summed E-state index contributed by atoms with van der Waals surface area (Å²) >= 11 is 6.93. The number of hydrogen-bond acceptors (Lipinski definition) is 6. The van der Waals surface area contributed by atoms with Gasteiger partial charge in [0.05, 0.1) is 15.5 Å². The standard InChI is InChI=1S/C15H10ClN3O4S2/c16-11-2-1-3-13(8-11)25(22,23)18-15-17-14(9-24-15)10-4-6-12(7-5-10)19(20)21/h1-9H,(H,17,18). The van der Waals surface area contributed by atoms with Gasteiger partial charge >= 0.3 is 0 Å². The van der Waals surface area contributed by atoms with Crippen LogP contribution < -0.4 is 4.72 Å². The second-order valence-corrected chi connectivity index (χ2v) is 7.88. The Kier molecular flexibility index (Phi) is 4.71. The number of sulfonamides is 1. The molecule has 0 aliphatic carbocycles. The largest absolute Gasteiger partial charge is 0.269 e. The lowest BCUT2D eigenvalue weighted by Crippen LogP contribution is -2.12. The second-order valence-electron chi connectivity index (χ2n) is 4.90. The molecule has 0 fully saturated rings. The van der Waals surface area contributed by atoms with Crippen LogP contribution in [0.3, 0.4) is 0 Å². The highest BCUT2D eigenvalue weighted by Gasteiger charge is 2.17. The van der Waals surface area contributed by atoms with E-state index in [9.17, 15) is 18.5 Å². The summed E-state index contributed by atoms with van der Waals surface area (Å²) in [4.78, 5) is 14.4. The molecule has 3 rings (SSSR count). The van der Waals surface area contributed by atoms with E-state index >= 15 is 0 Å². The van der Waals surface area contributed by atoms with Crippen molar-refractivity contribution in [2.75, 3.05) is 4.72 Å². The Labute approximate surface area is 152 Å². The lowest BCUT2D eigenvalue weighted by Gasteiger charge is -2.05. The number of thiazole rings is 1. The fourth-order valence-electron chi connectivity index (χ4n) is 2.02. The van der Waals surface area contributed by atoms with E-state index in [0.717, 1.165) is 11.3 Å². The van der Waals surface area contributed by atoms with Crippen molar-refractivity contribution in [2.45, 2.75) is 4.90 Å². The number of nitro groups is 1. The van der Waals surface area contributed by atoms with E-state index in [1.165, 1.54) is 24.3 Å². The molecule has 0 saturated carbocycles. The quantitative estimate of drug-likeness (QED) is 0.515. The van der Waals surface area contributed by atoms with Gasteiger partial charge in [-0.05, 0) is 30.3 Å². The molecule has 0 atom stereocenters. The van der Waals surface area contributed by atoms with Crippen molar-refractivity contribution in [1.82, 2.24) is 4.98 Å². The molecule has 10 heteroatoms. The van der Waals surface area contributed by atoms with Crippen molar-refractivity contribution in [3.8, 4) is 11.3 Å². The van der Waals surface area contributed by atoms with Crippen LogP contribution in [0.1, 0.15) is 0 Å². The number of rotatable bonds is 5. The third-order valence-corrected chi connectivity index (χ3v) is 5.66. The predicted molar refractivity (Wildman–Crippen MR) is 96.5 cm³/mol. The van der Waals surface area contributed by atoms with Crippen LogP contribution in [0.5, 0.6) is 0 Å². The molecule has 1 N–H and O–H groups in total. The van der Waals surface area contributed by atoms with Crippen molar-refractivity contribution in [3.05, 3.63) is 69.0 Å². The van der Waals surface area contributed by atoms with Crippen molar-refractivity contribution in [3.63, 3.8) is 0 Å². The van der Waals surface area contributed by atoms with Gasteiger partial charge in [-0.15, -0.1) is 11.3 Å².